The van der Waals surface area contributed by atoms with Crippen LogP contribution in [0.4, 0.5) is 8.78 Å². The maximum absolute atomic E-state index is 13.0. The van der Waals surface area contributed by atoms with Crippen molar-refractivity contribution in [2.75, 3.05) is 7.11 Å². The lowest BCUT2D eigenvalue weighted by Gasteiger charge is -2.13. The number of aryl methyl sites for hydroxylation is 1. The molecule has 7 nitrogen and oxygen atoms in total. The van der Waals surface area contributed by atoms with E-state index < -0.39 is 18.7 Å². The van der Waals surface area contributed by atoms with Gasteiger partial charge in [-0.25, -0.2) is 9.78 Å². The lowest BCUT2D eigenvalue weighted by Crippen LogP contribution is -2.25. The van der Waals surface area contributed by atoms with Gasteiger partial charge in [0.1, 0.15) is 10.8 Å². The van der Waals surface area contributed by atoms with Crippen molar-refractivity contribution in [2.24, 2.45) is 0 Å². The van der Waals surface area contributed by atoms with Gasteiger partial charge in [0.05, 0.1) is 6.61 Å². The molecular weight excluding hydrogens is 442 g/mol. The average molecular weight is 464 g/mol. The van der Waals surface area contributed by atoms with Crippen LogP contribution in [0, 0.1) is 13.8 Å². The molecule has 1 aromatic carbocycles. The SMILES string of the molecule is COCc1nc(C(=O)OC(C)C(=O)c2cc(C)n(-c3ccc(OC(F)F)cc3)c2C)cs1. The molecule has 0 N–H and O–H groups in total. The van der Waals surface area contributed by atoms with Crippen molar-refractivity contribution in [2.45, 2.75) is 40.1 Å². The second-order valence-electron chi connectivity index (χ2n) is 6.96. The first kappa shape index (κ1) is 23.6. The van der Waals surface area contributed by atoms with Crippen molar-refractivity contribution in [3.8, 4) is 11.4 Å². The number of rotatable bonds is 9. The van der Waals surface area contributed by atoms with Crippen LogP contribution >= 0.6 is 11.3 Å². The number of ketones is 1. The highest BCUT2D eigenvalue weighted by Gasteiger charge is 2.25. The number of methoxy groups -OCH3 is 1. The molecule has 2 heterocycles. The van der Waals surface area contributed by atoms with E-state index in [0.717, 1.165) is 5.69 Å². The third kappa shape index (κ3) is 5.20. The van der Waals surface area contributed by atoms with Gasteiger partial charge in [-0.3, -0.25) is 4.79 Å². The molecule has 0 saturated carbocycles. The normalized spacial score (nSPS) is 12.1. The number of ether oxygens (including phenoxy) is 3. The van der Waals surface area contributed by atoms with E-state index in [2.05, 4.69) is 9.72 Å². The van der Waals surface area contributed by atoms with Crippen molar-refractivity contribution in [1.29, 1.82) is 0 Å². The van der Waals surface area contributed by atoms with Gasteiger partial charge in [-0.15, -0.1) is 11.3 Å². The Morgan fingerprint density at radius 3 is 2.50 bits per heavy atom. The molecular formula is C22H22F2N2O5S. The van der Waals surface area contributed by atoms with Crippen molar-refractivity contribution >= 4 is 23.1 Å². The first-order valence-corrected chi connectivity index (χ1v) is 10.5. The third-order valence-electron chi connectivity index (χ3n) is 4.70. The van der Waals surface area contributed by atoms with Gasteiger partial charge in [0.2, 0.25) is 5.78 Å². The molecule has 0 spiro atoms. The number of halogens is 2. The van der Waals surface area contributed by atoms with Crippen LogP contribution in [0.5, 0.6) is 5.75 Å². The minimum atomic E-state index is -2.90. The van der Waals surface area contributed by atoms with Gasteiger partial charge in [-0.1, -0.05) is 0 Å². The summed E-state index contributed by atoms with van der Waals surface area (Å²) in [5.74, 6) is -1.01. The van der Waals surface area contributed by atoms with Crippen molar-refractivity contribution < 1.29 is 32.6 Å². The molecule has 0 saturated heterocycles. The summed E-state index contributed by atoms with van der Waals surface area (Å²) in [5.41, 5.74) is 2.59. The summed E-state index contributed by atoms with van der Waals surface area (Å²) in [7, 11) is 1.53. The summed E-state index contributed by atoms with van der Waals surface area (Å²) in [6.07, 6.45) is -1.02. The number of nitrogens with zero attached hydrogens (tertiary/aromatic N) is 2. The summed E-state index contributed by atoms with van der Waals surface area (Å²) in [5, 5.41) is 2.19. The number of alkyl halides is 2. The predicted molar refractivity (Wildman–Crippen MR) is 114 cm³/mol. The number of carbonyl (C=O) groups excluding carboxylic acids is 2. The molecule has 1 unspecified atom stereocenters. The third-order valence-corrected chi connectivity index (χ3v) is 5.52. The largest absolute Gasteiger partial charge is 0.450 e. The second kappa shape index (κ2) is 10.0. The molecule has 170 valence electrons. The van der Waals surface area contributed by atoms with Crippen LogP contribution in [-0.4, -0.2) is 41.1 Å². The highest BCUT2D eigenvalue weighted by molar-refractivity contribution is 7.09. The van der Waals surface area contributed by atoms with Crippen LogP contribution in [0.1, 0.15) is 44.2 Å². The van der Waals surface area contributed by atoms with Gasteiger partial charge in [0.25, 0.3) is 0 Å². The van der Waals surface area contributed by atoms with Crippen molar-refractivity contribution in [3.05, 3.63) is 63.4 Å². The maximum Gasteiger partial charge on any atom is 0.387 e. The van der Waals surface area contributed by atoms with E-state index in [1.165, 1.54) is 37.5 Å². The van der Waals surface area contributed by atoms with Crippen molar-refractivity contribution in [1.82, 2.24) is 9.55 Å². The summed E-state index contributed by atoms with van der Waals surface area (Å²) in [6, 6.07) is 7.80. The fourth-order valence-corrected chi connectivity index (χ4v) is 4.01. The monoisotopic (exact) mass is 464 g/mol. The highest BCUT2D eigenvalue weighted by Crippen LogP contribution is 2.25. The van der Waals surface area contributed by atoms with Crippen LogP contribution in [0.15, 0.2) is 35.7 Å². The summed E-state index contributed by atoms with van der Waals surface area (Å²) in [4.78, 5) is 29.5. The van der Waals surface area contributed by atoms with Gasteiger partial charge < -0.3 is 18.8 Å². The van der Waals surface area contributed by atoms with Gasteiger partial charge >= 0.3 is 12.6 Å². The van der Waals surface area contributed by atoms with E-state index in [-0.39, 0.29) is 23.8 Å². The molecule has 1 atom stereocenters. The summed E-state index contributed by atoms with van der Waals surface area (Å²) >= 11 is 1.27. The number of hydrogen-bond donors (Lipinski definition) is 0. The average Bonchev–Trinajstić information content (AvgIpc) is 3.32. The minimum Gasteiger partial charge on any atom is -0.450 e. The van der Waals surface area contributed by atoms with Gasteiger partial charge in [0.15, 0.2) is 11.8 Å². The number of Topliss-reactive ketones (excluding diaryl/α,β-unsaturated/α-hetero) is 1. The molecule has 3 aromatic rings. The van der Waals surface area contributed by atoms with E-state index in [9.17, 15) is 18.4 Å². The Bertz CT molecular complexity index is 1110. The fourth-order valence-electron chi connectivity index (χ4n) is 3.27. The number of esters is 1. The predicted octanol–water partition coefficient (Wildman–Crippen LogP) is 4.73. The summed E-state index contributed by atoms with van der Waals surface area (Å²) in [6.45, 7) is 2.46. The van der Waals surface area contributed by atoms with Gasteiger partial charge in [-0.2, -0.15) is 8.78 Å². The van der Waals surface area contributed by atoms with E-state index in [0.29, 0.717) is 22.0 Å². The molecule has 0 bridgehead atoms. The van der Waals surface area contributed by atoms with E-state index in [1.807, 2.05) is 11.5 Å². The zero-order chi connectivity index (χ0) is 23.4. The Morgan fingerprint density at radius 1 is 1.19 bits per heavy atom. The fraction of sp³-hybridized carbons (Fsp3) is 0.318. The van der Waals surface area contributed by atoms with Crippen LogP contribution in [0.2, 0.25) is 0 Å². The molecule has 2 aromatic heterocycles. The van der Waals surface area contributed by atoms with E-state index >= 15 is 0 Å². The Kier molecular flexibility index (Phi) is 7.37. The molecule has 0 aliphatic heterocycles. The van der Waals surface area contributed by atoms with Crippen LogP contribution < -0.4 is 4.74 Å². The van der Waals surface area contributed by atoms with Crippen LogP contribution in [0.25, 0.3) is 5.69 Å². The number of carbonyl (C=O) groups is 2. The highest BCUT2D eigenvalue weighted by atomic mass is 32.1. The number of aromatic nitrogens is 2. The van der Waals surface area contributed by atoms with E-state index in [1.54, 1.807) is 30.5 Å². The van der Waals surface area contributed by atoms with Crippen LogP contribution in [0.3, 0.4) is 0 Å². The molecule has 3 rings (SSSR count). The lowest BCUT2D eigenvalue weighted by atomic mass is 10.1. The smallest absolute Gasteiger partial charge is 0.387 e. The maximum atomic E-state index is 13.0. The van der Waals surface area contributed by atoms with Gasteiger partial charge in [0, 0.05) is 35.1 Å². The molecule has 0 radical (unpaired) electrons. The minimum absolute atomic E-state index is 0.0405. The zero-order valence-electron chi connectivity index (χ0n) is 17.9. The first-order valence-electron chi connectivity index (χ1n) is 9.64. The Labute approximate surface area is 187 Å². The quantitative estimate of drug-likeness (QED) is 0.337. The molecule has 0 aliphatic rings. The number of hydrogen-bond acceptors (Lipinski definition) is 7. The molecule has 0 fully saturated rings. The van der Waals surface area contributed by atoms with E-state index in [4.69, 9.17) is 9.47 Å². The number of thiazole rings is 1. The second-order valence-corrected chi connectivity index (χ2v) is 7.91. The van der Waals surface area contributed by atoms with Crippen molar-refractivity contribution in [3.63, 3.8) is 0 Å². The Hall–Kier alpha value is -3.11. The summed E-state index contributed by atoms with van der Waals surface area (Å²) < 4.78 is 41.2. The molecule has 0 amide bonds. The van der Waals surface area contributed by atoms with Crippen LogP contribution in [-0.2, 0) is 16.1 Å². The zero-order valence-corrected chi connectivity index (χ0v) is 18.7. The van der Waals surface area contributed by atoms with Gasteiger partial charge in [-0.05, 0) is 51.1 Å². The number of benzene rings is 1. The first-order chi connectivity index (χ1) is 15.2. The Balaban J connectivity index is 1.76. The molecule has 10 heteroatoms. The lowest BCUT2D eigenvalue weighted by molar-refractivity contribution is -0.0498. The topological polar surface area (TPSA) is 79.7 Å². The molecule has 0 aliphatic carbocycles. The standard InChI is InChI=1S/C22H22F2N2O5S/c1-12-9-17(13(2)26(12)15-5-7-16(8-6-15)31-22(23)24)20(27)14(3)30-21(28)18-11-32-19(25-18)10-29-4/h5-9,11,14,22H,10H2,1-4H3. The molecule has 32 heavy (non-hydrogen) atoms. The Morgan fingerprint density at radius 2 is 1.88 bits per heavy atom.